The van der Waals surface area contributed by atoms with E-state index in [0.29, 0.717) is 5.69 Å². The molecular weight excluding hydrogens is 382 g/mol. The quantitative estimate of drug-likeness (QED) is 0.800. The van der Waals surface area contributed by atoms with Crippen LogP contribution in [-0.4, -0.2) is 52.0 Å². The summed E-state index contributed by atoms with van der Waals surface area (Å²) < 4.78 is 60.5. The van der Waals surface area contributed by atoms with Gasteiger partial charge in [-0.3, -0.25) is 4.79 Å². The lowest BCUT2D eigenvalue weighted by molar-refractivity contribution is -0.142. The van der Waals surface area contributed by atoms with Gasteiger partial charge >= 0.3 is 6.18 Å². The molecule has 3 rings (SSSR count). The van der Waals surface area contributed by atoms with Gasteiger partial charge in [-0.15, -0.1) is 0 Å². The fraction of sp³-hybridized carbons (Fsp3) is 0.444. The van der Waals surface area contributed by atoms with Crippen LogP contribution in [0.25, 0.3) is 5.69 Å². The Hall–Kier alpha value is -2.46. The summed E-state index contributed by atoms with van der Waals surface area (Å²) in [4.78, 5) is 13.5. The second-order valence-corrected chi connectivity index (χ2v) is 6.68. The minimum absolute atomic E-state index is 0.0155. The molecule has 1 amide bonds. The van der Waals surface area contributed by atoms with E-state index in [0.717, 1.165) is 15.6 Å². The molecule has 0 saturated heterocycles. The minimum atomic E-state index is -4.66. The molecule has 1 aliphatic rings. The van der Waals surface area contributed by atoms with Crippen LogP contribution < -0.4 is 0 Å². The summed E-state index contributed by atoms with van der Waals surface area (Å²) >= 11 is 0. The first-order valence-electron chi connectivity index (χ1n) is 8.58. The van der Waals surface area contributed by atoms with Gasteiger partial charge < -0.3 is 14.7 Å². The molecule has 0 spiro atoms. The number of hydrogen-bond acceptors (Lipinski definition) is 4. The fourth-order valence-electron chi connectivity index (χ4n) is 3.17. The number of likely N-dealkylation sites (N-methyl/N-ethyl adjacent to an activating group) is 1. The summed E-state index contributed by atoms with van der Waals surface area (Å²) in [6.45, 7) is 1.53. The Bertz CT molecular complexity index is 893. The van der Waals surface area contributed by atoms with Crippen molar-refractivity contribution in [2.75, 3.05) is 20.2 Å². The number of rotatable bonds is 4. The lowest BCUT2D eigenvalue weighted by Crippen LogP contribution is -2.33. The maximum absolute atomic E-state index is 14.6. The predicted octanol–water partition coefficient (Wildman–Crippen LogP) is 2.56. The first kappa shape index (κ1) is 20.3. The maximum atomic E-state index is 14.6. The summed E-state index contributed by atoms with van der Waals surface area (Å²) in [5.74, 6) is -1.53. The smallest absolute Gasteiger partial charge is 0.392 e. The lowest BCUT2D eigenvalue weighted by atomic mass is 10.1. The standard InChI is InChI=1S/C18H19F4N3O3/c1-10(26)8-24(2)17(27)12-4-3-11(7-14(12)19)25-15-5-6-28-9-13(15)16(23-25)18(20,21)22/h3-4,7,10,26H,5-6,8-9H2,1-2H3. The first-order valence-corrected chi connectivity index (χ1v) is 8.58. The Labute approximate surface area is 158 Å². The molecule has 1 aromatic heterocycles. The van der Waals surface area contributed by atoms with E-state index in [2.05, 4.69) is 5.10 Å². The molecule has 2 aromatic rings. The normalized spacial score (nSPS) is 15.2. The SMILES string of the molecule is CC(O)CN(C)C(=O)c1ccc(-n2nc(C(F)(F)F)c3c2CCOC3)cc1F. The molecule has 1 atom stereocenters. The Morgan fingerprint density at radius 2 is 2.14 bits per heavy atom. The van der Waals surface area contributed by atoms with Crippen LogP contribution in [0.3, 0.4) is 0 Å². The van der Waals surface area contributed by atoms with Crippen molar-refractivity contribution in [1.29, 1.82) is 0 Å². The molecule has 1 aliphatic heterocycles. The predicted molar refractivity (Wildman–Crippen MR) is 90.5 cm³/mol. The molecule has 6 nitrogen and oxygen atoms in total. The molecule has 28 heavy (non-hydrogen) atoms. The van der Waals surface area contributed by atoms with Gasteiger partial charge in [-0.1, -0.05) is 0 Å². The Kier molecular flexibility index (Phi) is 5.44. The lowest BCUT2D eigenvalue weighted by Gasteiger charge is -2.19. The van der Waals surface area contributed by atoms with E-state index in [1.165, 1.54) is 26.1 Å². The molecular formula is C18H19F4N3O3. The van der Waals surface area contributed by atoms with Crippen LogP contribution in [0.2, 0.25) is 0 Å². The van der Waals surface area contributed by atoms with Crippen molar-refractivity contribution in [3.8, 4) is 5.69 Å². The molecule has 10 heteroatoms. The molecule has 0 bridgehead atoms. The second kappa shape index (κ2) is 7.51. The van der Waals surface area contributed by atoms with Crippen molar-refractivity contribution in [3.05, 3.63) is 46.5 Å². The summed E-state index contributed by atoms with van der Waals surface area (Å²) in [6, 6.07) is 3.52. The van der Waals surface area contributed by atoms with Gasteiger partial charge in [-0.2, -0.15) is 18.3 Å². The van der Waals surface area contributed by atoms with Crippen molar-refractivity contribution in [2.24, 2.45) is 0 Å². The average molecular weight is 401 g/mol. The molecule has 152 valence electrons. The first-order chi connectivity index (χ1) is 13.1. The molecule has 1 unspecified atom stereocenters. The van der Waals surface area contributed by atoms with Gasteiger partial charge in [0.15, 0.2) is 5.69 Å². The molecule has 0 fully saturated rings. The summed E-state index contributed by atoms with van der Waals surface area (Å²) in [6.07, 6.45) is -5.23. The van der Waals surface area contributed by atoms with Crippen molar-refractivity contribution in [1.82, 2.24) is 14.7 Å². The van der Waals surface area contributed by atoms with Crippen molar-refractivity contribution in [3.63, 3.8) is 0 Å². The average Bonchev–Trinajstić information content (AvgIpc) is 3.00. The van der Waals surface area contributed by atoms with E-state index < -0.39 is 29.7 Å². The number of ether oxygens (including phenoxy) is 1. The van der Waals surface area contributed by atoms with Gasteiger partial charge in [0.1, 0.15) is 5.82 Å². The number of aliphatic hydroxyl groups is 1. The van der Waals surface area contributed by atoms with Gasteiger partial charge in [0, 0.05) is 31.6 Å². The number of aliphatic hydroxyl groups excluding tert-OH is 1. The number of carbonyl (C=O) groups is 1. The number of benzene rings is 1. The zero-order valence-corrected chi connectivity index (χ0v) is 15.3. The number of aromatic nitrogens is 2. The maximum Gasteiger partial charge on any atom is 0.435 e. The fourth-order valence-corrected chi connectivity index (χ4v) is 3.17. The van der Waals surface area contributed by atoms with Crippen molar-refractivity contribution >= 4 is 5.91 Å². The van der Waals surface area contributed by atoms with Gasteiger partial charge in [-0.25, -0.2) is 9.07 Å². The van der Waals surface area contributed by atoms with Crippen molar-refractivity contribution in [2.45, 2.75) is 32.2 Å². The van der Waals surface area contributed by atoms with Crippen LogP contribution in [0.5, 0.6) is 0 Å². The number of nitrogens with zero attached hydrogens (tertiary/aromatic N) is 3. The van der Waals surface area contributed by atoms with E-state index in [1.807, 2.05) is 0 Å². The van der Waals surface area contributed by atoms with Gasteiger partial charge in [0.2, 0.25) is 0 Å². The van der Waals surface area contributed by atoms with E-state index in [1.54, 1.807) is 0 Å². The molecule has 0 aliphatic carbocycles. The van der Waals surface area contributed by atoms with E-state index >= 15 is 0 Å². The number of alkyl halides is 3. The Morgan fingerprint density at radius 1 is 1.43 bits per heavy atom. The zero-order valence-electron chi connectivity index (χ0n) is 15.3. The van der Waals surface area contributed by atoms with Gasteiger partial charge in [0.05, 0.1) is 36.3 Å². The van der Waals surface area contributed by atoms with Crippen LogP contribution in [0.4, 0.5) is 17.6 Å². The van der Waals surface area contributed by atoms with Crippen LogP contribution in [-0.2, 0) is 23.9 Å². The number of hydrogen-bond donors (Lipinski definition) is 1. The van der Waals surface area contributed by atoms with E-state index in [-0.39, 0.29) is 43.0 Å². The Balaban J connectivity index is 1.99. The molecule has 1 aromatic carbocycles. The van der Waals surface area contributed by atoms with Crippen LogP contribution >= 0.6 is 0 Å². The highest BCUT2D eigenvalue weighted by atomic mass is 19.4. The van der Waals surface area contributed by atoms with E-state index in [4.69, 9.17) is 4.74 Å². The highest BCUT2D eigenvalue weighted by Crippen LogP contribution is 2.35. The number of fused-ring (bicyclic) bond motifs is 1. The molecule has 2 heterocycles. The van der Waals surface area contributed by atoms with Crippen LogP contribution in [0.15, 0.2) is 18.2 Å². The number of halogens is 4. The van der Waals surface area contributed by atoms with Crippen LogP contribution in [0, 0.1) is 5.82 Å². The minimum Gasteiger partial charge on any atom is -0.392 e. The van der Waals surface area contributed by atoms with Crippen molar-refractivity contribution < 1.29 is 32.2 Å². The summed E-state index contributed by atoms with van der Waals surface area (Å²) in [7, 11) is 1.42. The van der Waals surface area contributed by atoms with E-state index in [9.17, 15) is 27.5 Å². The van der Waals surface area contributed by atoms with Gasteiger partial charge in [-0.05, 0) is 19.1 Å². The highest BCUT2D eigenvalue weighted by molar-refractivity contribution is 5.94. The third kappa shape index (κ3) is 3.88. The summed E-state index contributed by atoms with van der Waals surface area (Å²) in [5, 5.41) is 13.0. The molecule has 0 saturated carbocycles. The molecule has 1 N–H and O–H groups in total. The largest absolute Gasteiger partial charge is 0.435 e. The number of carbonyl (C=O) groups excluding carboxylic acids is 1. The molecule has 0 radical (unpaired) electrons. The Morgan fingerprint density at radius 3 is 2.75 bits per heavy atom. The third-order valence-corrected chi connectivity index (χ3v) is 4.40. The topological polar surface area (TPSA) is 67.6 Å². The zero-order chi connectivity index (χ0) is 20.6. The third-order valence-electron chi connectivity index (χ3n) is 4.40. The monoisotopic (exact) mass is 401 g/mol. The van der Waals surface area contributed by atoms with Crippen LogP contribution in [0.1, 0.15) is 34.2 Å². The number of amides is 1. The van der Waals surface area contributed by atoms with Gasteiger partial charge in [0.25, 0.3) is 5.91 Å². The highest BCUT2D eigenvalue weighted by Gasteiger charge is 2.40. The second-order valence-electron chi connectivity index (χ2n) is 6.68. The summed E-state index contributed by atoms with van der Waals surface area (Å²) in [5.41, 5.74) is -0.966.